The molecule has 0 radical (unpaired) electrons. The number of halogens is 2. The smallest absolute Gasteiger partial charge is 0.243 e. The lowest BCUT2D eigenvalue weighted by molar-refractivity contribution is 0.195. The van der Waals surface area contributed by atoms with Crippen molar-refractivity contribution in [1.29, 1.82) is 0 Å². The summed E-state index contributed by atoms with van der Waals surface area (Å²) < 4.78 is 52.6. The number of nitrogens with zero attached hydrogens (tertiary/aromatic N) is 1. The molecule has 0 atom stereocenters. The Labute approximate surface area is 124 Å². The van der Waals surface area contributed by atoms with Gasteiger partial charge in [0.2, 0.25) is 10.0 Å². The first-order chi connectivity index (χ1) is 9.88. The normalized spacial score (nSPS) is 18.0. The molecule has 0 aromatic heterocycles. The van der Waals surface area contributed by atoms with Gasteiger partial charge in [0.25, 0.3) is 0 Å². The molecule has 1 fully saturated rings. The van der Waals surface area contributed by atoms with Crippen LogP contribution in [0.1, 0.15) is 19.8 Å². The molecule has 0 amide bonds. The van der Waals surface area contributed by atoms with Crippen LogP contribution in [0, 0.1) is 17.6 Å². The maximum atomic E-state index is 13.5. The number of piperidine rings is 1. The first kappa shape index (κ1) is 16.3. The van der Waals surface area contributed by atoms with Crippen molar-refractivity contribution in [2.45, 2.75) is 24.7 Å². The lowest BCUT2D eigenvalue weighted by Gasteiger charge is -2.30. The van der Waals surface area contributed by atoms with E-state index in [4.69, 9.17) is 0 Å². The minimum absolute atomic E-state index is 0.216. The van der Waals surface area contributed by atoms with E-state index in [9.17, 15) is 17.2 Å². The molecule has 1 heterocycles. The summed E-state index contributed by atoms with van der Waals surface area (Å²) in [6, 6.07) is 2.44. The Morgan fingerprint density at radius 2 is 1.95 bits per heavy atom. The van der Waals surface area contributed by atoms with Crippen LogP contribution in [0.5, 0.6) is 0 Å². The summed E-state index contributed by atoms with van der Waals surface area (Å²) in [6.45, 7) is 4.92. The third-order valence-corrected chi connectivity index (χ3v) is 5.27. The molecule has 2 rings (SSSR count). The first-order valence-corrected chi connectivity index (χ1v) is 8.54. The molecule has 1 aliphatic rings. The molecule has 0 bridgehead atoms. The summed E-state index contributed by atoms with van der Waals surface area (Å²) in [5, 5.41) is 0. The Balaban J connectivity index is 1.89. The van der Waals surface area contributed by atoms with E-state index in [1.165, 1.54) is 0 Å². The summed E-state index contributed by atoms with van der Waals surface area (Å²) >= 11 is 0. The molecule has 118 valence electrons. The zero-order valence-corrected chi connectivity index (χ0v) is 12.8. The maximum absolute atomic E-state index is 13.5. The van der Waals surface area contributed by atoms with Crippen LogP contribution in [0.15, 0.2) is 23.1 Å². The van der Waals surface area contributed by atoms with Crippen molar-refractivity contribution < 1.29 is 17.2 Å². The summed E-state index contributed by atoms with van der Waals surface area (Å²) in [7, 11) is -3.94. The molecule has 0 spiro atoms. The average Bonchev–Trinajstić information content (AvgIpc) is 2.40. The zero-order valence-electron chi connectivity index (χ0n) is 12.0. The van der Waals surface area contributed by atoms with Gasteiger partial charge in [-0.25, -0.2) is 21.9 Å². The number of rotatable bonds is 5. The molecule has 4 nitrogen and oxygen atoms in total. The van der Waals surface area contributed by atoms with Gasteiger partial charge in [-0.1, -0.05) is 6.92 Å². The van der Waals surface area contributed by atoms with Gasteiger partial charge >= 0.3 is 0 Å². The number of hydrogen-bond acceptors (Lipinski definition) is 3. The van der Waals surface area contributed by atoms with Gasteiger partial charge in [0.15, 0.2) is 0 Å². The number of nitrogens with one attached hydrogen (secondary N) is 1. The van der Waals surface area contributed by atoms with Crippen molar-refractivity contribution in [3.63, 3.8) is 0 Å². The highest BCUT2D eigenvalue weighted by atomic mass is 32.2. The number of sulfonamides is 1. The highest BCUT2D eigenvalue weighted by Crippen LogP contribution is 2.16. The number of hydrogen-bond donors (Lipinski definition) is 1. The predicted molar refractivity (Wildman–Crippen MR) is 76.4 cm³/mol. The average molecular weight is 318 g/mol. The summed E-state index contributed by atoms with van der Waals surface area (Å²) in [5.41, 5.74) is 0. The lowest BCUT2D eigenvalue weighted by Crippen LogP contribution is -2.39. The van der Waals surface area contributed by atoms with Crippen molar-refractivity contribution in [2.75, 3.05) is 26.2 Å². The molecule has 0 unspecified atom stereocenters. The molecule has 1 aromatic carbocycles. The van der Waals surface area contributed by atoms with Gasteiger partial charge in [-0.15, -0.1) is 0 Å². The van der Waals surface area contributed by atoms with E-state index < -0.39 is 26.6 Å². The topological polar surface area (TPSA) is 49.4 Å². The standard InChI is InChI=1S/C14H20F2N2O2S/c1-11-4-7-18(8-5-11)9-6-17-21(19,20)14-3-2-12(15)10-13(14)16/h2-3,10-11,17H,4-9H2,1H3. The van der Waals surface area contributed by atoms with E-state index >= 15 is 0 Å². The fraction of sp³-hybridized carbons (Fsp3) is 0.571. The minimum atomic E-state index is -3.94. The second-order valence-electron chi connectivity index (χ2n) is 5.50. The summed E-state index contributed by atoms with van der Waals surface area (Å²) in [5.74, 6) is -1.16. The van der Waals surface area contributed by atoms with Crippen molar-refractivity contribution in [1.82, 2.24) is 9.62 Å². The van der Waals surface area contributed by atoms with Gasteiger partial charge in [0, 0.05) is 19.2 Å². The third-order valence-electron chi connectivity index (χ3n) is 3.78. The zero-order chi connectivity index (χ0) is 15.5. The van der Waals surface area contributed by atoms with Crippen molar-refractivity contribution in [3.8, 4) is 0 Å². The van der Waals surface area contributed by atoms with Crippen LogP contribution in [-0.2, 0) is 10.0 Å². The van der Waals surface area contributed by atoms with Gasteiger partial charge in [-0.2, -0.15) is 0 Å². The first-order valence-electron chi connectivity index (χ1n) is 7.05. The maximum Gasteiger partial charge on any atom is 0.243 e. The molecule has 1 aromatic rings. The molecular weight excluding hydrogens is 298 g/mol. The van der Waals surface area contributed by atoms with Crippen LogP contribution in [0.4, 0.5) is 8.78 Å². The van der Waals surface area contributed by atoms with Gasteiger partial charge in [0.1, 0.15) is 16.5 Å². The fourth-order valence-electron chi connectivity index (χ4n) is 2.39. The monoisotopic (exact) mass is 318 g/mol. The molecule has 0 aliphatic carbocycles. The van der Waals surface area contributed by atoms with Crippen LogP contribution in [0.25, 0.3) is 0 Å². The molecule has 1 aliphatic heterocycles. The van der Waals surface area contributed by atoms with E-state index in [0.29, 0.717) is 18.5 Å². The van der Waals surface area contributed by atoms with Gasteiger partial charge in [0.05, 0.1) is 0 Å². The van der Waals surface area contributed by atoms with Crippen LogP contribution in [0.3, 0.4) is 0 Å². The second kappa shape index (κ2) is 6.81. The van der Waals surface area contributed by atoms with E-state index in [0.717, 1.165) is 38.1 Å². The Morgan fingerprint density at radius 3 is 2.57 bits per heavy atom. The van der Waals surface area contributed by atoms with Crippen LogP contribution >= 0.6 is 0 Å². The van der Waals surface area contributed by atoms with Crippen molar-refractivity contribution in [2.24, 2.45) is 5.92 Å². The van der Waals surface area contributed by atoms with Crippen LogP contribution in [0.2, 0.25) is 0 Å². The van der Waals surface area contributed by atoms with Gasteiger partial charge in [-0.3, -0.25) is 0 Å². The SMILES string of the molecule is CC1CCN(CCNS(=O)(=O)c2ccc(F)cc2F)CC1. The third kappa shape index (κ3) is 4.46. The highest BCUT2D eigenvalue weighted by Gasteiger charge is 2.20. The molecule has 0 saturated carbocycles. The molecule has 21 heavy (non-hydrogen) atoms. The quantitative estimate of drug-likeness (QED) is 0.903. The Bertz CT molecular complexity index is 585. The minimum Gasteiger partial charge on any atom is -0.302 e. The van der Waals surface area contributed by atoms with E-state index in [-0.39, 0.29) is 6.54 Å². The summed E-state index contributed by atoms with van der Waals surface area (Å²) in [6.07, 6.45) is 2.22. The Kier molecular flexibility index (Phi) is 5.29. The largest absolute Gasteiger partial charge is 0.302 e. The molecule has 7 heteroatoms. The second-order valence-corrected chi connectivity index (χ2v) is 7.23. The predicted octanol–water partition coefficient (Wildman–Crippen LogP) is 1.98. The van der Waals surface area contributed by atoms with Gasteiger partial charge < -0.3 is 4.90 Å². The van der Waals surface area contributed by atoms with E-state index in [1.807, 2.05) is 0 Å². The van der Waals surface area contributed by atoms with Crippen LogP contribution < -0.4 is 4.72 Å². The van der Waals surface area contributed by atoms with Crippen LogP contribution in [-0.4, -0.2) is 39.5 Å². The summed E-state index contributed by atoms with van der Waals surface area (Å²) in [4.78, 5) is 1.67. The Hall–Kier alpha value is -1.05. The van der Waals surface area contributed by atoms with Gasteiger partial charge in [-0.05, 0) is 44.0 Å². The highest BCUT2D eigenvalue weighted by molar-refractivity contribution is 7.89. The van der Waals surface area contributed by atoms with Crippen molar-refractivity contribution in [3.05, 3.63) is 29.8 Å². The molecular formula is C14H20F2N2O2S. The number of likely N-dealkylation sites (tertiary alicyclic amines) is 1. The molecule has 1 saturated heterocycles. The van der Waals surface area contributed by atoms with E-state index in [1.54, 1.807) is 0 Å². The number of benzene rings is 1. The lowest BCUT2D eigenvalue weighted by atomic mass is 9.99. The molecule has 1 N–H and O–H groups in total. The van der Waals surface area contributed by atoms with E-state index in [2.05, 4.69) is 16.5 Å². The Morgan fingerprint density at radius 1 is 1.29 bits per heavy atom. The fourth-order valence-corrected chi connectivity index (χ4v) is 3.47. The van der Waals surface area contributed by atoms with Crippen molar-refractivity contribution >= 4 is 10.0 Å².